The first-order chi connectivity index (χ1) is 16.8. The Hall–Kier alpha value is -3.60. The van der Waals surface area contributed by atoms with E-state index < -0.39 is 10.0 Å². The van der Waals surface area contributed by atoms with Crippen molar-refractivity contribution in [3.63, 3.8) is 0 Å². The molecule has 11 heteroatoms. The van der Waals surface area contributed by atoms with Crippen LogP contribution >= 0.6 is 11.6 Å². The predicted octanol–water partition coefficient (Wildman–Crippen LogP) is 2.73. The molecule has 0 atom stereocenters. The van der Waals surface area contributed by atoms with Gasteiger partial charge in [0, 0.05) is 61.3 Å². The van der Waals surface area contributed by atoms with Gasteiger partial charge in [-0.3, -0.25) is 4.79 Å². The van der Waals surface area contributed by atoms with Crippen molar-refractivity contribution >= 4 is 38.3 Å². The summed E-state index contributed by atoms with van der Waals surface area (Å²) in [7, 11) is -3.71. The standard InChI is InChI=1S/C24H20ClN5O4S/c25-21-3-1-19-14-22(4-2-18(19)13-21)35(33,34)30-11-9-28(10-12-30)24(31)23-26-15-20(16-27-23)17-5-7-29(32)8-6-17/h1-8,13-16H,9-12H2. The van der Waals surface area contributed by atoms with Gasteiger partial charge in [-0.15, -0.1) is 0 Å². The van der Waals surface area contributed by atoms with Gasteiger partial charge < -0.3 is 10.1 Å². The van der Waals surface area contributed by atoms with Crippen LogP contribution in [-0.2, 0) is 10.0 Å². The first-order valence-corrected chi connectivity index (χ1v) is 12.6. The van der Waals surface area contributed by atoms with Gasteiger partial charge in [0.15, 0.2) is 12.4 Å². The van der Waals surface area contributed by atoms with Gasteiger partial charge in [0.25, 0.3) is 5.91 Å². The number of amides is 1. The topological polar surface area (TPSA) is 110 Å². The molecular formula is C24H20ClN5O4S. The summed E-state index contributed by atoms with van der Waals surface area (Å²) in [5.41, 5.74) is 1.43. The van der Waals surface area contributed by atoms with Crippen LogP contribution in [-0.4, -0.2) is 59.7 Å². The number of hydrogen-bond acceptors (Lipinski definition) is 6. The summed E-state index contributed by atoms with van der Waals surface area (Å²) in [6.45, 7) is 0.803. The quantitative estimate of drug-likeness (QED) is 0.309. The van der Waals surface area contributed by atoms with E-state index in [4.69, 9.17) is 11.6 Å². The lowest BCUT2D eigenvalue weighted by atomic mass is 10.1. The van der Waals surface area contributed by atoms with E-state index in [-0.39, 0.29) is 42.8 Å². The number of rotatable bonds is 4. The molecule has 0 aliphatic carbocycles. The van der Waals surface area contributed by atoms with Crippen LogP contribution in [0.3, 0.4) is 0 Å². The highest BCUT2D eigenvalue weighted by molar-refractivity contribution is 7.89. The third-order valence-corrected chi connectivity index (χ3v) is 8.05. The van der Waals surface area contributed by atoms with E-state index in [0.717, 1.165) is 16.3 Å². The number of carbonyl (C=O) groups is 1. The maximum atomic E-state index is 13.2. The molecular weight excluding hydrogens is 490 g/mol. The Morgan fingerprint density at radius 1 is 0.886 bits per heavy atom. The Morgan fingerprint density at radius 3 is 2.20 bits per heavy atom. The van der Waals surface area contributed by atoms with Crippen molar-refractivity contribution in [2.45, 2.75) is 4.90 Å². The van der Waals surface area contributed by atoms with E-state index in [1.165, 1.54) is 29.1 Å². The molecule has 4 aromatic rings. The van der Waals surface area contributed by atoms with Crippen molar-refractivity contribution in [1.82, 2.24) is 19.2 Å². The zero-order chi connectivity index (χ0) is 24.6. The molecule has 0 saturated carbocycles. The molecule has 2 aromatic carbocycles. The highest BCUT2D eigenvalue weighted by atomic mass is 35.5. The zero-order valence-corrected chi connectivity index (χ0v) is 20.0. The first-order valence-electron chi connectivity index (χ1n) is 10.8. The molecule has 0 spiro atoms. The minimum atomic E-state index is -3.71. The summed E-state index contributed by atoms with van der Waals surface area (Å²) < 4.78 is 28.4. The van der Waals surface area contributed by atoms with Crippen molar-refractivity contribution in [2.75, 3.05) is 26.2 Å². The summed E-state index contributed by atoms with van der Waals surface area (Å²) in [4.78, 5) is 23.0. The Labute approximate surface area is 206 Å². The Balaban J connectivity index is 1.26. The summed E-state index contributed by atoms with van der Waals surface area (Å²) in [6, 6.07) is 13.5. The number of aromatic nitrogens is 3. The number of benzene rings is 2. The van der Waals surface area contributed by atoms with Crippen LogP contribution in [0.4, 0.5) is 0 Å². The molecule has 3 heterocycles. The van der Waals surface area contributed by atoms with Crippen LogP contribution in [0.15, 0.2) is 78.2 Å². The molecule has 1 saturated heterocycles. The second-order valence-corrected chi connectivity index (χ2v) is 10.5. The minimum absolute atomic E-state index is 0.0352. The van der Waals surface area contributed by atoms with Crippen LogP contribution in [0, 0.1) is 5.21 Å². The molecule has 0 N–H and O–H groups in total. The minimum Gasteiger partial charge on any atom is -0.619 e. The van der Waals surface area contributed by atoms with Gasteiger partial charge in [-0.05, 0) is 40.6 Å². The first kappa shape index (κ1) is 23.2. The molecule has 178 valence electrons. The van der Waals surface area contributed by atoms with E-state index in [2.05, 4.69) is 9.97 Å². The lowest BCUT2D eigenvalue weighted by molar-refractivity contribution is -0.605. The third-order valence-electron chi connectivity index (χ3n) is 5.92. The number of fused-ring (bicyclic) bond motifs is 1. The summed E-state index contributed by atoms with van der Waals surface area (Å²) in [6.07, 6.45) is 5.79. The number of hydrogen-bond donors (Lipinski definition) is 0. The molecule has 35 heavy (non-hydrogen) atoms. The summed E-state index contributed by atoms with van der Waals surface area (Å²) >= 11 is 6.02. The van der Waals surface area contributed by atoms with Gasteiger partial charge in [0.2, 0.25) is 15.8 Å². The van der Waals surface area contributed by atoms with Gasteiger partial charge in [0.05, 0.1) is 4.90 Å². The maximum Gasteiger partial charge on any atom is 0.291 e. The fourth-order valence-electron chi connectivity index (χ4n) is 3.97. The molecule has 1 amide bonds. The van der Waals surface area contributed by atoms with Crippen molar-refractivity contribution in [3.05, 3.63) is 89.4 Å². The largest absolute Gasteiger partial charge is 0.619 e. The molecule has 9 nitrogen and oxygen atoms in total. The molecule has 0 unspecified atom stereocenters. The molecule has 1 aliphatic rings. The Bertz CT molecular complexity index is 1500. The number of pyridine rings is 1. The molecule has 0 bridgehead atoms. The fourth-order valence-corrected chi connectivity index (χ4v) is 5.61. The summed E-state index contributed by atoms with van der Waals surface area (Å²) in [5, 5.41) is 13.4. The van der Waals surface area contributed by atoms with Crippen molar-refractivity contribution in [3.8, 4) is 11.1 Å². The van der Waals surface area contributed by atoms with E-state index in [1.807, 2.05) is 0 Å². The van der Waals surface area contributed by atoms with Crippen LogP contribution in [0.25, 0.3) is 21.9 Å². The Kier molecular flexibility index (Phi) is 6.10. The van der Waals surface area contributed by atoms with Crippen LogP contribution < -0.4 is 4.73 Å². The van der Waals surface area contributed by atoms with Crippen LogP contribution in [0.2, 0.25) is 5.02 Å². The van der Waals surface area contributed by atoms with Crippen molar-refractivity contribution < 1.29 is 17.9 Å². The van der Waals surface area contributed by atoms with Gasteiger partial charge in [-0.2, -0.15) is 9.04 Å². The van der Waals surface area contributed by atoms with E-state index >= 15 is 0 Å². The average molecular weight is 510 g/mol. The molecule has 1 fully saturated rings. The Morgan fingerprint density at radius 2 is 1.51 bits per heavy atom. The second-order valence-electron chi connectivity index (χ2n) is 8.09. The summed E-state index contributed by atoms with van der Waals surface area (Å²) in [5.74, 6) is -0.324. The SMILES string of the molecule is O=C(c1ncc(-c2cc[n+]([O-])cc2)cn1)N1CCN(S(=O)(=O)c2ccc3cc(Cl)ccc3c2)CC1. The number of sulfonamides is 1. The van der Waals surface area contributed by atoms with Crippen molar-refractivity contribution in [2.24, 2.45) is 0 Å². The second kappa shape index (κ2) is 9.21. The molecule has 1 aliphatic heterocycles. The monoisotopic (exact) mass is 509 g/mol. The highest BCUT2D eigenvalue weighted by Gasteiger charge is 2.31. The maximum absolute atomic E-state index is 13.2. The van der Waals surface area contributed by atoms with E-state index in [0.29, 0.717) is 15.3 Å². The lowest BCUT2D eigenvalue weighted by Crippen LogP contribution is -2.50. The van der Waals surface area contributed by atoms with E-state index in [9.17, 15) is 18.4 Å². The molecule has 5 rings (SSSR count). The smallest absolute Gasteiger partial charge is 0.291 e. The number of piperazine rings is 1. The number of nitrogens with zero attached hydrogens (tertiary/aromatic N) is 5. The average Bonchev–Trinajstić information content (AvgIpc) is 2.88. The van der Waals surface area contributed by atoms with Crippen molar-refractivity contribution in [1.29, 1.82) is 0 Å². The van der Waals surface area contributed by atoms with E-state index in [1.54, 1.807) is 53.4 Å². The fraction of sp³-hybridized carbons (Fsp3) is 0.167. The van der Waals surface area contributed by atoms with Crippen LogP contribution in [0.1, 0.15) is 10.6 Å². The normalized spacial score (nSPS) is 14.8. The van der Waals surface area contributed by atoms with Gasteiger partial charge in [0.1, 0.15) is 0 Å². The van der Waals surface area contributed by atoms with Gasteiger partial charge >= 0.3 is 0 Å². The number of carbonyl (C=O) groups excluding carboxylic acids is 1. The number of halogens is 1. The highest BCUT2D eigenvalue weighted by Crippen LogP contribution is 2.25. The predicted molar refractivity (Wildman–Crippen MR) is 130 cm³/mol. The van der Waals surface area contributed by atoms with Gasteiger partial charge in [-0.1, -0.05) is 23.7 Å². The molecule has 2 aromatic heterocycles. The third kappa shape index (κ3) is 4.68. The lowest BCUT2D eigenvalue weighted by Gasteiger charge is -2.33. The zero-order valence-electron chi connectivity index (χ0n) is 18.4. The molecule has 0 radical (unpaired) electrons. The van der Waals surface area contributed by atoms with Crippen LogP contribution in [0.5, 0.6) is 0 Å². The van der Waals surface area contributed by atoms with Gasteiger partial charge in [-0.25, -0.2) is 18.4 Å².